The molecule has 1 saturated heterocycles. The van der Waals surface area contributed by atoms with Crippen molar-refractivity contribution in [1.82, 2.24) is 19.9 Å². The summed E-state index contributed by atoms with van der Waals surface area (Å²) in [6, 6.07) is 16.5. The Morgan fingerprint density at radius 1 is 1.19 bits per heavy atom. The molecule has 2 aromatic carbocycles. The van der Waals surface area contributed by atoms with Crippen molar-refractivity contribution in [2.75, 3.05) is 47.5 Å². The number of hydrogen-bond acceptors (Lipinski definition) is 7. The second-order valence-corrected chi connectivity index (χ2v) is 11.5. The molecule has 186 valence electrons. The third-order valence-electron chi connectivity index (χ3n) is 7.12. The SMILES string of the molecule is CN(c1ccccc1Cn1ccc2cnc(Nc3ccc4c(c3)CC3CNCCN43)nc21)S(C)(=O)=O. The smallest absolute Gasteiger partial charge is 0.232 e. The molecule has 2 aliphatic rings. The highest BCUT2D eigenvalue weighted by Crippen LogP contribution is 2.35. The number of rotatable bonds is 6. The molecule has 0 radical (unpaired) electrons. The summed E-state index contributed by atoms with van der Waals surface area (Å²) in [4.78, 5) is 11.8. The van der Waals surface area contributed by atoms with Crippen LogP contribution in [0.3, 0.4) is 0 Å². The molecular weight excluding hydrogens is 474 g/mol. The molecule has 1 fully saturated rings. The number of benzene rings is 2. The van der Waals surface area contributed by atoms with E-state index in [1.807, 2.05) is 47.3 Å². The first-order valence-electron chi connectivity index (χ1n) is 12.1. The molecule has 6 rings (SSSR count). The van der Waals surface area contributed by atoms with Crippen LogP contribution in [-0.4, -0.2) is 61.9 Å². The lowest BCUT2D eigenvalue weighted by Crippen LogP contribution is -2.49. The van der Waals surface area contributed by atoms with Gasteiger partial charge in [-0.05, 0) is 47.9 Å². The van der Waals surface area contributed by atoms with Gasteiger partial charge < -0.3 is 20.1 Å². The molecule has 0 bridgehead atoms. The minimum atomic E-state index is -3.37. The third-order valence-corrected chi connectivity index (χ3v) is 8.31. The monoisotopic (exact) mass is 503 g/mol. The highest BCUT2D eigenvalue weighted by atomic mass is 32.2. The largest absolute Gasteiger partial charge is 0.365 e. The Balaban J connectivity index is 1.27. The van der Waals surface area contributed by atoms with E-state index >= 15 is 0 Å². The maximum Gasteiger partial charge on any atom is 0.232 e. The molecule has 1 atom stereocenters. The van der Waals surface area contributed by atoms with E-state index in [0.29, 0.717) is 24.2 Å². The normalized spacial score (nSPS) is 17.2. The van der Waals surface area contributed by atoms with Crippen molar-refractivity contribution in [1.29, 1.82) is 0 Å². The van der Waals surface area contributed by atoms with E-state index in [1.165, 1.54) is 21.8 Å². The van der Waals surface area contributed by atoms with Gasteiger partial charge in [0.15, 0.2) is 0 Å². The zero-order valence-corrected chi connectivity index (χ0v) is 21.2. The van der Waals surface area contributed by atoms with Gasteiger partial charge in [0.1, 0.15) is 5.65 Å². The van der Waals surface area contributed by atoms with Gasteiger partial charge in [0.2, 0.25) is 16.0 Å². The predicted molar refractivity (Wildman–Crippen MR) is 144 cm³/mol. The van der Waals surface area contributed by atoms with Crippen LogP contribution < -0.4 is 19.8 Å². The Morgan fingerprint density at radius 2 is 2.06 bits per heavy atom. The molecule has 36 heavy (non-hydrogen) atoms. The van der Waals surface area contributed by atoms with Crippen LogP contribution >= 0.6 is 0 Å². The van der Waals surface area contributed by atoms with E-state index in [2.05, 4.69) is 38.7 Å². The first-order valence-corrected chi connectivity index (χ1v) is 13.9. The van der Waals surface area contributed by atoms with E-state index < -0.39 is 10.0 Å². The number of hydrogen-bond donors (Lipinski definition) is 2. The Kier molecular flexibility index (Phi) is 5.57. The lowest BCUT2D eigenvalue weighted by atomic mass is 10.1. The molecule has 1 unspecified atom stereocenters. The quantitative estimate of drug-likeness (QED) is 0.418. The Hall–Kier alpha value is -3.63. The molecule has 4 aromatic rings. The van der Waals surface area contributed by atoms with Crippen molar-refractivity contribution in [3.63, 3.8) is 0 Å². The van der Waals surface area contributed by atoms with Gasteiger partial charge >= 0.3 is 0 Å². The van der Waals surface area contributed by atoms with Gasteiger partial charge in [-0.3, -0.25) is 4.31 Å². The average molecular weight is 504 g/mol. The second kappa shape index (κ2) is 8.79. The van der Waals surface area contributed by atoms with Crippen LogP contribution in [0.25, 0.3) is 11.0 Å². The first kappa shape index (κ1) is 22.8. The average Bonchev–Trinajstić information content (AvgIpc) is 3.44. The molecule has 9 nitrogen and oxygen atoms in total. The van der Waals surface area contributed by atoms with Crippen LogP contribution in [0.2, 0.25) is 0 Å². The summed E-state index contributed by atoms with van der Waals surface area (Å²) >= 11 is 0. The standard InChI is InChI=1S/C26H29N7O2S/c1-31(36(2,34)35)23-6-4-3-5-19(23)17-32-11-9-18-15-28-26(30-25(18)32)29-21-7-8-24-20(13-21)14-22-16-27-10-12-33(22)24/h3-9,11,13,15,22,27H,10,12,14,16-17H2,1-2H3,(H,28,29,30). The molecule has 2 N–H and O–H groups in total. The number of fused-ring (bicyclic) bond motifs is 4. The van der Waals surface area contributed by atoms with E-state index in [-0.39, 0.29) is 0 Å². The van der Waals surface area contributed by atoms with Crippen molar-refractivity contribution in [2.24, 2.45) is 0 Å². The lowest BCUT2D eigenvalue weighted by molar-refractivity contribution is 0.495. The third kappa shape index (κ3) is 4.16. The molecule has 0 saturated carbocycles. The molecule has 0 spiro atoms. The second-order valence-electron chi connectivity index (χ2n) is 9.50. The van der Waals surface area contributed by atoms with Gasteiger partial charge in [-0.25, -0.2) is 13.4 Å². The number of sulfonamides is 1. The van der Waals surface area contributed by atoms with Crippen LogP contribution in [0.15, 0.2) is 60.9 Å². The van der Waals surface area contributed by atoms with E-state index in [4.69, 9.17) is 4.98 Å². The topological polar surface area (TPSA) is 95.4 Å². The molecular formula is C26H29N7O2S. The highest BCUT2D eigenvalue weighted by molar-refractivity contribution is 7.92. The van der Waals surface area contributed by atoms with Crippen molar-refractivity contribution in [3.8, 4) is 0 Å². The number of nitrogens with zero attached hydrogens (tertiary/aromatic N) is 5. The van der Waals surface area contributed by atoms with Crippen LogP contribution in [0, 0.1) is 0 Å². The van der Waals surface area contributed by atoms with Gasteiger partial charge in [-0.15, -0.1) is 0 Å². The van der Waals surface area contributed by atoms with E-state index in [1.54, 1.807) is 7.05 Å². The number of anilines is 4. The van der Waals surface area contributed by atoms with Gasteiger partial charge in [0.25, 0.3) is 0 Å². The predicted octanol–water partition coefficient (Wildman–Crippen LogP) is 2.95. The molecule has 0 amide bonds. The molecule has 4 heterocycles. The van der Waals surface area contributed by atoms with Crippen molar-refractivity contribution < 1.29 is 8.42 Å². The molecule has 0 aliphatic carbocycles. The summed E-state index contributed by atoms with van der Waals surface area (Å²) in [6.45, 7) is 3.58. The Morgan fingerprint density at radius 3 is 2.92 bits per heavy atom. The zero-order valence-electron chi connectivity index (χ0n) is 20.3. The summed E-state index contributed by atoms with van der Waals surface area (Å²) in [5.74, 6) is 0.529. The minimum Gasteiger partial charge on any atom is -0.365 e. The van der Waals surface area contributed by atoms with Crippen LogP contribution in [0.1, 0.15) is 11.1 Å². The molecule has 2 aliphatic heterocycles. The summed E-state index contributed by atoms with van der Waals surface area (Å²) in [5.41, 5.74) is 5.98. The maximum absolute atomic E-state index is 12.1. The summed E-state index contributed by atoms with van der Waals surface area (Å²) < 4.78 is 27.6. The fourth-order valence-electron chi connectivity index (χ4n) is 5.22. The summed E-state index contributed by atoms with van der Waals surface area (Å²) in [6.07, 6.45) is 6.03. The highest BCUT2D eigenvalue weighted by Gasteiger charge is 2.31. The lowest BCUT2D eigenvalue weighted by Gasteiger charge is -2.32. The van der Waals surface area contributed by atoms with E-state index in [0.717, 1.165) is 48.3 Å². The van der Waals surface area contributed by atoms with E-state index in [9.17, 15) is 8.42 Å². The van der Waals surface area contributed by atoms with Crippen LogP contribution in [0.5, 0.6) is 0 Å². The van der Waals surface area contributed by atoms with Gasteiger partial charge in [0.05, 0.1) is 18.5 Å². The number of nitrogens with one attached hydrogen (secondary N) is 2. The van der Waals surface area contributed by atoms with Crippen molar-refractivity contribution >= 4 is 44.1 Å². The van der Waals surface area contributed by atoms with Gasteiger partial charge in [-0.1, -0.05) is 18.2 Å². The first-order chi connectivity index (χ1) is 17.4. The number of aromatic nitrogens is 3. The molecule has 10 heteroatoms. The maximum atomic E-state index is 12.1. The number of para-hydroxylation sites is 1. The summed E-state index contributed by atoms with van der Waals surface area (Å²) in [7, 11) is -1.80. The number of piperazine rings is 1. The van der Waals surface area contributed by atoms with Gasteiger partial charge in [0, 0.05) is 61.9 Å². The van der Waals surface area contributed by atoms with Crippen molar-refractivity contribution in [2.45, 2.75) is 19.0 Å². The zero-order chi connectivity index (χ0) is 24.9. The molecule has 2 aromatic heterocycles. The van der Waals surface area contributed by atoms with Gasteiger partial charge in [-0.2, -0.15) is 4.98 Å². The fourth-order valence-corrected chi connectivity index (χ4v) is 5.76. The summed E-state index contributed by atoms with van der Waals surface area (Å²) in [5, 5.41) is 7.79. The Labute approximate surface area is 210 Å². The fraction of sp³-hybridized carbons (Fsp3) is 0.308. The van der Waals surface area contributed by atoms with Crippen LogP contribution in [0.4, 0.5) is 23.0 Å². The van der Waals surface area contributed by atoms with Crippen molar-refractivity contribution in [3.05, 3.63) is 72.1 Å². The Bertz CT molecular complexity index is 1550. The van der Waals surface area contributed by atoms with Crippen LogP contribution in [-0.2, 0) is 23.0 Å². The minimum absolute atomic E-state index is 0.486.